The van der Waals surface area contributed by atoms with Gasteiger partial charge in [0.2, 0.25) is 11.8 Å². The molecule has 3 rings (SSSR count). The number of aliphatic hydroxyl groups is 1. The number of nitrogens with one attached hydrogen (secondary N) is 1. The minimum absolute atomic E-state index is 0.0276. The fraction of sp³-hybridized carbons (Fsp3) is 0.600. The molecule has 168 valence electrons. The highest BCUT2D eigenvalue weighted by Crippen LogP contribution is 2.18. The number of esters is 2. The van der Waals surface area contributed by atoms with Crippen molar-refractivity contribution in [3.63, 3.8) is 0 Å². The molecule has 2 saturated heterocycles. The molecule has 10 nitrogen and oxygen atoms in total. The van der Waals surface area contributed by atoms with Gasteiger partial charge in [0.05, 0.1) is 19.8 Å². The van der Waals surface area contributed by atoms with Crippen LogP contribution in [-0.2, 0) is 33.3 Å². The van der Waals surface area contributed by atoms with Crippen molar-refractivity contribution in [2.45, 2.75) is 51.0 Å². The average Bonchev–Trinajstić information content (AvgIpc) is 3.59. The van der Waals surface area contributed by atoms with E-state index in [1.807, 2.05) is 0 Å². The number of rotatable bonds is 7. The van der Waals surface area contributed by atoms with Gasteiger partial charge in [-0.25, -0.2) is 14.6 Å². The van der Waals surface area contributed by atoms with Crippen LogP contribution < -0.4 is 5.32 Å². The van der Waals surface area contributed by atoms with Crippen molar-refractivity contribution in [1.82, 2.24) is 5.32 Å². The molecule has 2 unspecified atom stereocenters. The van der Waals surface area contributed by atoms with E-state index >= 15 is 0 Å². The molecule has 2 fully saturated rings. The van der Waals surface area contributed by atoms with Crippen LogP contribution in [0.2, 0.25) is 0 Å². The van der Waals surface area contributed by atoms with Crippen LogP contribution in [0.15, 0.2) is 30.3 Å². The highest BCUT2D eigenvalue weighted by atomic mass is 16.6. The number of epoxide rings is 2. The van der Waals surface area contributed by atoms with Gasteiger partial charge in [-0.2, -0.15) is 0 Å². The molecule has 0 spiro atoms. The number of hydrogen-bond donors (Lipinski definition) is 2. The molecule has 30 heavy (non-hydrogen) atoms. The smallest absolute Gasteiger partial charge is 0.340 e. The van der Waals surface area contributed by atoms with E-state index in [1.54, 1.807) is 27.7 Å². The van der Waals surface area contributed by atoms with Gasteiger partial charge in [0, 0.05) is 0 Å². The van der Waals surface area contributed by atoms with Crippen LogP contribution in [0.25, 0.3) is 0 Å². The topological polar surface area (TPSA) is 139 Å². The molecule has 0 bridgehead atoms. The molecule has 3 aliphatic heterocycles. The van der Waals surface area contributed by atoms with Gasteiger partial charge < -0.3 is 29.4 Å². The Balaban J connectivity index is 0.000000255. The third-order valence-electron chi connectivity index (χ3n) is 3.80. The summed E-state index contributed by atoms with van der Waals surface area (Å²) in [6, 6.07) is 0. The van der Waals surface area contributed by atoms with E-state index in [2.05, 4.69) is 28.2 Å². The maximum Gasteiger partial charge on any atom is 0.340 e. The molecule has 0 saturated carbocycles. The number of carbonyl (C=O) groups is 3. The number of cyclic esters (lactones) is 1. The van der Waals surface area contributed by atoms with E-state index in [4.69, 9.17) is 19.3 Å². The van der Waals surface area contributed by atoms with Crippen molar-refractivity contribution >= 4 is 23.7 Å². The molecule has 2 atom stereocenters. The zero-order valence-electron chi connectivity index (χ0n) is 17.8. The van der Waals surface area contributed by atoms with Crippen LogP contribution in [0.3, 0.4) is 0 Å². The molecule has 0 aromatic heterocycles. The predicted molar refractivity (Wildman–Crippen MR) is 108 cm³/mol. The minimum Gasteiger partial charge on any atom is -0.461 e. The first-order chi connectivity index (χ1) is 13.9. The molecule has 2 N–H and O–H groups in total. The van der Waals surface area contributed by atoms with E-state index in [0.29, 0.717) is 12.5 Å². The third-order valence-corrected chi connectivity index (χ3v) is 3.80. The lowest BCUT2D eigenvalue weighted by Crippen LogP contribution is -2.50. The Hall–Kier alpha value is -2.56. The van der Waals surface area contributed by atoms with E-state index in [9.17, 15) is 14.4 Å². The Kier molecular flexibility index (Phi) is 9.34. The van der Waals surface area contributed by atoms with Gasteiger partial charge >= 0.3 is 11.9 Å². The first-order valence-electron chi connectivity index (χ1n) is 9.35. The van der Waals surface area contributed by atoms with Gasteiger partial charge in [0.25, 0.3) is 0 Å². The maximum atomic E-state index is 11.5. The summed E-state index contributed by atoms with van der Waals surface area (Å²) in [5.41, 5.74) is -1.76. The number of aliphatic hydroxyl groups excluding tert-OH is 1. The molecule has 0 aromatic rings. The van der Waals surface area contributed by atoms with Gasteiger partial charge in [-0.05, 0) is 39.8 Å². The monoisotopic (exact) mass is 426 g/mol. The number of nitrogens with zero attached hydrogens (tertiary/aromatic N) is 1. The lowest BCUT2D eigenvalue weighted by atomic mass is 10.1. The largest absolute Gasteiger partial charge is 0.461 e. The van der Waals surface area contributed by atoms with E-state index in [1.165, 1.54) is 6.08 Å². The van der Waals surface area contributed by atoms with Crippen LogP contribution in [0, 0.1) is 0 Å². The standard InChI is InChI=1S/C10H15NO4.C7H9NO2.C3H6O2/c1-4-8(12)11-10(2,3)9(13)15-6-7-5-14-7;1-4-5-8-7(2,3)6(9)10-5;4-1-3-2-5-3/h4,7H,1,5-6H2,2-3H3,(H,11,12);4H,1H2,2-3H3;3-4H,1-2H2. The lowest BCUT2D eigenvalue weighted by molar-refractivity contribution is -0.152. The van der Waals surface area contributed by atoms with Crippen LogP contribution in [-0.4, -0.2) is 78.6 Å². The first kappa shape index (κ1) is 25.5. The summed E-state index contributed by atoms with van der Waals surface area (Å²) >= 11 is 0. The van der Waals surface area contributed by atoms with Gasteiger partial charge in [-0.15, -0.1) is 0 Å². The molecule has 10 heteroatoms. The summed E-state index contributed by atoms with van der Waals surface area (Å²) in [5.74, 6) is -0.884. The quantitative estimate of drug-likeness (QED) is 0.336. The van der Waals surface area contributed by atoms with Crippen molar-refractivity contribution < 1.29 is 38.4 Å². The highest BCUT2D eigenvalue weighted by molar-refractivity contribution is 6.04. The van der Waals surface area contributed by atoms with E-state index in [-0.39, 0.29) is 31.4 Å². The van der Waals surface area contributed by atoms with Crippen molar-refractivity contribution in [2.24, 2.45) is 4.99 Å². The normalized spacial score (nSPS) is 22.6. The van der Waals surface area contributed by atoms with Crippen LogP contribution in [0.5, 0.6) is 0 Å². The van der Waals surface area contributed by atoms with Crippen molar-refractivity contribution in [3.8, 4) is 0 Å². The Morgan fingerprint density at radius 1 is 1.30 bits per heavy atom. The second-order valence-corrected chi connectivity index (χ2v) is 7.61. The molecular formula is C20H30N2O8. The molecule has 1 amide bonds. The molecule has 3 heterocycles. The Bertz CT molecular complexity index is 691. The summed E-state index contributed by atoms with van der Waals surface area (Å²) in [7, 11) is 0. The molecular weight excluding hydrogens is 396 g/mol. The van der Waals surface area contributed by atoms with Gasteiger partial charge in [0.15, 0.2) is 5.54 Å². The number of hydrogen-bond acceptors (Lipinski definition) is 9. The summed E-state index contributed by atoms with van der Waals surface area (Å²) in [6.07, 6.45) is 2.75. The number of ether oxygens (including phenoxy) is 4. The van der Waals surface area contributed by atoms with Crippen LogP contribution in [0.1, 0.15) is 27.7 Å². The zero-order valence-corrected chi connectivity index (χ0v) is 17.8. The summed E-state index contributed by atoms with van der Waals surface area (Å²) in [6.45, 7) is 15.1. The Labute approximate surface area is 175 Å². The fourth-order valence-electron chi connectivity index (χ4n) is 1.75. The molecule has 0 aromatic carbocycles. The predicted octanol–water partition coefficient (Wildman–Crippen LogP) is 0.293. The van der Waals surface area contributed by atoms with Crippen LogP contribution in [0.4, 0.5) is 0 Å². The second kappa shape index (κ2) is 11.0. The molecule has 3 aliphatic rings. The molecule has 0 aliphatic carbocycles. The second-order valence-electron chi connectivity index (χ2n) is 7.61. The van der Waals surface area contributed by atoms with E-state index in [0.717, 1.165) is 12.7 Å². The molecule has 0 radical (unpaired) electrons. The van der Waals surface area contributed by atoms with E-state index < -0.39 is 23.0 Å². The Morgan fingerprint density at radius 2 is 1.87 bits per heavy atom. The van der Waals surface area contributed by atoms with Crippen molar-refractivity contribution in [1.29, 1.82) is 0 Å². The average molecular weight is 426 g/mol. The number of carbonyl (C=O) groups excluding carboxylic acids is 3. The maximum absolute atomic E-state index is 11.5. The summed E-state index contributed by atoms with van der Waals surface area (Å²) in [4.78, 5) is 37.4. The third kappa shape index (κ3) is 9.29. The SMILES string of the molecule is C=CC(=O)NC(C)(C)C(=O)OCC1CO1.C=CC1=NC(C)(C)C(=O)O1.OCC1CO1. The number of amides is 1. The first-order valence-corrected chi connectivity index (χ1v) is 9.35. The zero-order chi connectivity index (χ0) is 22.9. The van der Waals surface area contributed by atoms with Gasteiger partial charge in [-0.3, -0.25) is 4.79 Å². The summed E-state index contributed by atoms with van der Waals surface area (Å²) < 4.78 is 19.2. The Morgan fingerprint density at radius 3 is 2.17 bits per heavy atom. The lowest BCUT2D eigenvalue weighted by Gasteiger charge is -2.23. The minimum atomic E-state index is -1.04. The summed E-state index contributed by atoms with van der Waals surface area (Å²) in [5, 5.41) is 10.6. The number of aliphatic imine (C=N–C) groups is 1. The highest BCUT2D eigenvalue weighted by Gasteiger charge is 2.35. The van der Waals surface area contributed by atoms with Crippen LogP contribution >= 0.6 is 0 Å². The fourth-order valence-corrected chi connectivity index (χ4v) is 1.75. The van der Waals surface area contributed by atoms with Gasteiger partial charge in [0.1, 0.15) is 24.4 Å². The van der Waals surface area contributed by atoms with Crippen molar-refractivity contribution in [2.75, 3.05) is 26.4 Å². The van der Waals surface area contributed by atoms with Crippen molar-refractivity contribution in [3.05, 3.63) is 25.3 Å². The van der Waals surface area contributed by atoms with Gasteiger partial charge in [-0.1, -0.05) is 13.2 Å².